The topological polar surface area (TPSA) is 55.4 Å². The standard InChI is InChI=1S/C10H13Br2NO3S/c1-6(2)17(14,15)13-9-5-10(16-3)8(12)4-7(9)11/h4-6,13H,1-3H3. The van der Waals surface area contributed by atoms with Crippen LogP contribution in [0.3, 0.4) is 0 Å². The van der Waals surface area contributed by atoms with Gasteiger partial charge >= 0.3 is 0 Å². The van der Waals surface area contributed by atoms with E-state index in [2.05, 4.69) is 36.6 Å². The number of methoxy groups -OCH3 is 1. The highest BCUT2D eigenvalue weighted by molar-refractivity contribution is 9.11. The van der Waals surface area contributed by atoms with E-state index in [-0.39, 0.29) is 0 Å². The van der Waals surface area contributed by atoms with Crippen molar-refractivity contribution in [2.24, 2.45) is 0 Å². The van der Waals surface area contributed by atoms with Crippen LogP contribution in [-0.2, 0) is 10.0 Å². The fourth-order valence-corrected chi connectivity index (χ4v) is 3.13. The quantitative estimate of drug-likeness (QED) is 0.862. The molecular formula is C10H13Br2NO3S. The summed E-state index contributed by atoms with van der Waals surface area (Å²) in [5.74, 6) is 0.564. The predicted octanol–water partition coefficient (Wildman–Crippen LogP) is 3.37. The number of sulfonamides is 1. The van der Waals surface area contributed by atoms with Crippen molar-refractivity contribution in [3.05, 3.63) is 21.1 Å². The molecule has 0 heterocycles. The smallest absolute Gasteiger partial charge is 0.235 e. The zero-order chi connectivity index (χ0) is 13.2. The Bertz CT molecular complexity index is 515. The maximum atomic E-state index is 11.8. The van der Waals surface area contributed by atoms with E-state index in [1.54, 1.807) is 26.0 Å². The number of rotatable bonds is 4. The zero-order valence-electron chi connectivity index (χ0n) is 9.62. The lowest BCUT2D eigenvalue weighted by Crippen LogP contribution is -2.22. The van der Waals surface area contributed by atoms with E-state index in [9.17, 15) is 8.42 Å². The van der Waals surface area contributed by atoms with E-state index in [1.807, 2.05) is 0 Å². The van der Waals surface area contributed by atoms with Gasteiger partial charge < -0.3 is 4.74 Å². The molecule has 1 aromatic carbocycles. The average molecular weight is 387 g/mol. The fraction of sp³-hybridized carbons (Fsp3) is 0.400. The SMILES string of the molecule is COc1cc(NS(=O)(=O)C(C)C)c(Br)cc1Br. The van der Waals surface area contributed by atoms with Crippen molar-refractivity contribution in [3.8, 4) is 5.75 Å². The van der Waals surface area contributed by atoms with E-state index in [0.717, 1.165) is 4.47 Å². The third-order valence-corrected chi connectivity index (χ3v) is 5.14. The van der Waals surface area contributed by atoms with Crippen LogP contribution in [0.25, 0.3) is 0 Å². The van der Waals surface area contributed by atoms with Gasteiger partial charge in [-0.1, -0.05) is 0 Å². The molecule has 0 radical (unpaired) electrons. The van der Waals surface area contributed by atoms with Crippen molar-refractivity contribution in [2.45, 2.75) is 19.1 Å². The first kappa shape index (κ1) is 14.8. The molecule has 0 spiro atoms. The van der Waals surface area contributed by atoms with Gasteiger partial charge in [-0.2, -0.15) is 0 Å². The molecule has 7 heteroatoms. The second-order valence-corrected chi connectivity index (χ2v) is 7.61. The van der Waals surface area contributed by atoms with Gasteiger partial charge in [-0.3, -0.25) is 4.72 Å². The number of hydrogen-bond acceptors (Lipinski definition) is 3. The predicted molar refractivity (Wildman–Crippen MR) is 76.1 cm³/mol. The summed E-state index contributed by atoms with van der Waals surface area (Å²) in [6, 6.07) is 3.35. The van der Waals surface area contributed by atoms with Gasteiger partial charge in [0.1, 0.15) is 5.75 Å². The van der Waals surface area contributed by atoms with Crippen LogP contribution in [0.4, 0.5) is 5.69 Å². The number of benzene rings is 1. The molecule has 0 fully saturated rings. The molecule has 0 bridgehead atoms. The number of nitrogens with one attached hydrogen (secondary N) is 1. The van der Waals surface area contributed by atoms with Gasteiger partial charge in [-0.05, 0) is 51.8 Å². The van der Waals surface area contributed by atoms with Crippen LogP contribution in [0, 0.1) is 0 Å². The lowest BCUT2D eigenvalue weighted by atomic mass is 10.3. The Morgan fingerprint density at radius 3 is 2.29 bits per heavy atom. The molecule has 0 unspecified atom stereocenters. The maximum absolute atomic E-state index is 11.8. The van der Waals surface area contributed by atoms with Crippen molar-refractivity contribution in [1.29, 1.82) is 0 Å². The molecule has 1 N–H and O–H groups in total. The summed E-state index contributed by atoms with van der Waals surface area (Å²) in [6.07, 6.45) is 0. The minimum absolute atomic E-state index is 0.457. The zero-order valence-corrected chi connectivity index (χ0v) is 13.6. The first-order chi connectivity index (χ1) is 7.77. The molecule has 0 saturated carbocycles. The number of ether oxygens (including phenoxy) is 1. The van der Waals surface area contributed by atoms with E-state index >= 15 is 0 Å². The molecule has 0 atom stereocenters. The lowest BCUT2D eigenvalue weighted by Gasteiger charge is -2.14. The summed E-state index contributed by atoms with van der Waals surface area (Å²) >= 11 is 6.62. The highest BCUT2D eigenvalue weighted by Gasteiger charge is 2.18. The normalized spacial score (nSPS) is 11.6. The summed E-state index contributed by atoms with van der Waals surface area (Å²) < 4.78 is 32.5. The van der Waals surface area contributed by atoms with Crippen LogP contribution in [0.2, 0.25) is 0 Å². The molecule has 0 saturated heterocycles. The lowest BCUT2D eigenvalue weighted by molar-refractivity contribution is 0.412. The molecule has 0 amide bonds. The highest BCUT2D eigenvalue weighted by Crippen LogP contribution is 2.35. The third-order valence-electron chi connectivity index (χ3n) is 2.11. The van der Waals surface area contributed by atoms with Crippen LogP contribution < -0.4 is 9.46 Å². The molecule has 0 aliphatic heterocycles. The molecule has 4 nitrogen and oxygen atoms in total. The largest absolute Gasteiger partial charge is 0.495 e. The van der Waals surface area contributed by atoms with Crippen molar-refractivity contribution in [1.82, 2.24) is 0 Å². The Labute approximate surface area is 118 Å². The van der Waals surface area contributed by atoms with Crippen molar-refractivity contribution in [2.75, 3.05) is 11.8 Å². The van der Waals surface area contributed by atoms with Crippen molar-refractivity contribution in [3.63, 3.8) is 0 Å². The second kappa shape index (κ2) is 5.58. The van der Waals surface area contributed by atoms with E-state index in [0.29, 0.717) is 15.9 Å². The molecule has 0 aromatic heterocycles. The van der Waals surface area contributed by atoms with Crippen molar-refractivity contribution >= 4 is 47.6 Å². The first-order valence-electron chi connectivity index (χ1n) is 4.82. The van der Waals surface area contributed by atoms with Gasteiger partial charge in [0.25, 0.3) is 0 Å². The molecule has 17 heavy (non-hydrogen) atoms. The van der Waals surface area contributed by atoms with Crippen molar-refractivity contribution < 1.29 is 13.2 Å². The van der Waals surface area contributed by atoms with Crippen LogP contribution in [0.1, 0.15) is 13.8 Å². The van der Waals surface area contributed by atoms with E-state index < -0.39 is 15.3 Å². The Morgan fingerprint density at radius 2 is 1.82 bits per heavy atom. The van der Waals surface area contributed by atoms with Gasteiger partial charge in [0.05, 0.1) is 22.5 Å². The van der Waals surface area contributed by atoms with Gasteiger partial charge in [-0.15, -0.1) is 0 Å². The Morgan fingerprint density at radius 1 is 1.24 bits per heavy atom. The molecular weight excluding hydrogens is 374 g/mol. The molecule has 0 aliphatic carbocycles. The molecule has 0 aliphatic rings. The molecule has 1 aromatic rings. The first-order valence-corrected chi connectivity index (χ1v) is 7.96. The van der Waals surface area contributed by atoms with Gasteiger partial charge in [0.2, 0.25) is 10.0 Å². The summed E-state index contributed by atoms with van der Waals surface area (Å²) in [5.41, 5.74) is 0.457. The van der Waals surface area contributed by atoms with Gasteiger partial charge in [0.15, 0.2) is 0 Å². The molecule has 1 rings (SSSR count). The Balaban J connectivity index is 3.16. The summed E-state index contributed by atoms with van der Waals surface area (Å²) in [4.78, 5) is 0. The minimum Gasteiger partial charge on any atom is -0.495 e. The summed E-state index contributed by atoms with van der Waals surface area (Å²) in [6.45, 7) is 3.23. The Kier molecular flexibility index (Phi) is 4.86. The third kappa shape index (κ3) is 3.59. The van der Waals surface area contributed by atoms with Crippen LogP contribution in [0.15, 0.2) is 21.1 Å². The minimum atomic E-state index is -3.36. The van der Waals surface area contributed by atoms with E-state index in [4.69, 9.17) is 4.74 Å². The van der Waals surface area contributed by atoms with Gasteiger partial charge in [-0.25, -0.2) is 8.42 Å². The monoisotopic (exact) mass is 385 g/mol. The second-order valence-electron chi connectivity index (χ2n) is 3.66. The fourth-order valence-electron chi connectivity index (χ4n) is 1.03. The number of anilines is 1. The Hall–Kier alpha value is -0.270. The number of hydrogen-bond donors (Lipinski definition) is 1. The van der Waals surface area contributed by atoms with Crippen LogP contribution >= 0.6 is 31.9 Å². The average Bonchev–Trinajstić information content (AvgIpc) is 2.21. The van der Waals surface area contributed by atoms with Gasteiger partial charge in [0, 0.05) is 10.5 Å². The van der Waals surface area contributed by atoms with Crippen LogP contribution in [-0.4, -0.2) is 20.8 Å². The maximum Gasteiger partial charge on any atom is 0.235 e. The van der Waals surface area contributed by atoms with E-state index in [1.165, 1.54) is 7.11 Å². The summed E-state index contributed by atoms with van der Waals surface area (Å²) in [7, 11) is -1.84. The number of halogens is 2. The molecule has 96 valence electrons. The summed E-state index contributed by atoms with van der Waals surface area (Å²) in [5, 5.41) is -0.496. The van der Waals surface area contributed by atoms with Crippen LogP contribution in [0.5, 0.6) is 5.75 Å². The highest BCUT2D eigenvalue weighted by atomic mass is 79.9.